The summed E-state index contributed by atoms with van der Waals surface area (Å²) in [6.45, 7) is 10.7. The van der Waals surface area contributed by atoms with Crippen molar-refractivity contribution in [3.05, 3.63) is 58.9 Å². The number of carbonyl (C=O) groups is 2. The van der Waals surface area contributed by atoms with Gasteiger partial charge in [0.05, 0.1) is 24.1 Å². The minimum Gasteiger partial charge on any atom is -0.459 e. The topological polar surface area (TPSA) is 75.3 Å². The largest absolute Gasteiger partial charge is 0.459 e. The molecule has 0 saturated carbocycles. The average Bonchev–Trinajstić information content (AvgIpc) is 3.45. The third-order valence-electron chi connectivity index (χ3n) is 7.74. The van der Waals surface area contributed by atoms with Crippen LogP contribution in [0.15, 0.2) is 36.4 Å². The van der Waals surface area contributed by atoms with Crippen LogP contribution >= 0.6 is 0 Å². The standard InChI is InChI=1S/C30H37N3O3/c1-6-24-13-10-20(2)32(24)19-28(34)27-16-26(9-7-8-23-17-30(4,5)36-29(23)35)33(21(27)3)25-14-11-22(18-31)12-15-25/h7,9,11-12,14-16,20,23-24H,6,8,10,13,17,19H2,1-5H3/b9-7+. The van der Waals surface area contributed by atoms with E-state index in [1.807, 2.05) is 51.1 Å². The van der Waals surface area contributed by atoms with E-state index in [0.717, 1.165) is 41.9 Å². The first-order valence-electron chi connectivity index (χ1n) is 13.0. The van der Waals surface area contributed by atoms with E-state index in [4.69, 9.17) is 4.74 Å². The summed E-state index contributed by atoms with van der Waals surface area (Å²) >= 11 is 0. The van der Waals surface area contributed by atoms with Crippen molar-refractivity contribution in [3.63, 3.8) is 0 Å². The molecule has 2 fully saturated rings. The quantitative estimate of drug-likeness (QED) is 0.345. The number of carbonyl (C=O) groups excluding carboxylic acids is 2. The second-order valence-corrected chi connectivity index (χ2v) is 10.9. The molecule has 190 valence electrons. The van der Waals surface area contributed by atoms with Gasteiger partial charge in [-0.3, -0.25) is 14.5 Å². The Morgan fingerprint density at radius 3 is 2.58 bits per heavy atom. The van der Waals surface area contributed by atoms with Gasteiger partial charge in [-0.1, -0.05) is 13.0 Å². The number of ketones is 1. The van der Waals surface area contributed by atoms with Gasteiger partial charge in [-0.2, -0.15) is 5.26 Å². The average molecular weight is 488 g/mol. The zero-order valence-electron chi connectivity index (χ0n) is 22.1. The molecule has 0 radical (unpaired) electrons. The molecule has 2 aliphatic heterocycles. The highest BCUT2D eigenvalue weighted by atomic mass is 16.6. The molecule has 0 aliphatic carbocycles. The third kappa shape index (κ3) is 5.32. The minimum absolute atomic E-state index is 0.128. The summed E-state index contributed by atoms with van der Waals surface area (Å²) in [5.41, 5.74) is 3.55. The molecule has 2 aromatic rings. The highest BCUT2D eigenvalue weighted by Crippen LogP contribution is 2.33. The van der Waals surface area contributed by atoms with Gasteiger partial charge >= 0.3 is 5.97 Å². The lowest BCUT2D eigenvalue weighted by molar-refractivity contribution is -0.148. The van der Waals surface area contributed by atoms with Crippen LogP contribution in [0.1, 0.15) is 87.1 Å². The van der Waals surface area contributed by atoms with E-state index in [0.29, 0.717) is 37.0 Å². The molecule has 2 aliphatic rings. The predicted octanol–water partition coefficient (Wildman–Crippen LogP) is 5.85. The van der Waals surface area contributed by atoms with E-state index in [-0.39, 0.29) is 17.7 Å². The third-order valence-corrected chi connectivity index (χ3v) is 7.74. The molecule has 1 aromatic carbocycles. The number of benzene rings is 1. The number of rotatable bonds is 8. The predicted molar refractivity (Wildman–Crippen MR) is 141 cm³/mol. The van der Waals surface area contributed by atoms with Crippen LogP contribution in [-0.2, 0) is 9.53 Å². The molecule has 36 heavy (non-hydrogen) atoms. The van der Waals surface area contributed by atoms with Gasteiger partial charge in [0.1, 0.15) is 5.60 Å². The summed E-state index contributed by atoms with van der Waals surface area (Å²) in [4.78, 5) is 28.1. The van der Waals surface area contributed by atoms with Crippen molar-refractivity contribution in [2.45, 2.75) is 84.4 Å². The Bertz CT molecular complexity index is 1200. The number of cyclic esters (lactones) is 1. The van der Waals surface area contributed by atoms with E-state index < -0.39 is 5.60 Å². The van der Waals surface area contributed by atoms with Gasteiger partial charge in [-0.15, -0.1) is 0 Å². The summed E-state index contributed by atoms with van der Waals surface area (Å²) in [5.74, 6) is -0.174. The second kappa shape index (κ2) is 10.4. The summed E-state index contributed by atoms with van der Waals surface area (Å²) in [6.07, 6.45) is 8.61. The minimum atomic E-state index is -0.419. The van der Waals surface area contributed by atoms with Gasteiger partial charge in [0.15, 0.2) is 5.78 Å². The zero-order valence-corrected chi connectivity index (χ0v) is 22.1. The van der Waals surface area contributed by atoms with Crippen LogP contribution < -0.4 is 0 Å². The van der Waals surface area contributed by atoms with Gasteiger partial charge in [0.25, 0.3) is 0 Å². The van der Waals surface area contributed by atoms with E-state index in [2.05, 4.69) is 29.4 Å². The van der Waals surface area contributed by atoms with Crippen LogP contribution in [0, 0.1) is 24.2 Å². The van der Waals surface area contributed by atoms with Crippen LogP contribution in [0.4, 0.5) is 0 Å². The Morgan fingerprint density at radius 2 is 1.97 bits per heavy atom. The number of hydrogen-bond acceptors (Lipinski definition) is 5. The van der Waals surface area contributed by atoms with Crippen LogP contribution in [0.25, 0.3) is 11.8 Å². The number of nitrogens with zero attached hydrogens (tertiary/aromatic N) is 3. The fraction of sp³-hybridized carbons (Fsp3) is 0.500. The molecule has 0 bridgehead atoms. The fourth-order valence-corrected chi connectivity index (χ4v) is 5.77. The van der Waals surface area contributed by atoms with Crippen LogP contribution in [0.5, 0.6) is 0 Å². The number of aromatic nitrogens is 1. The lowest BCUT2D eigenvalue weighted by atomic mass is 9.95. The SMILES string of the molecule is CCC1CCC(C)N1CC(=O)c1cc(/C=C/CC2CC(C)(C)OC2=O)n(-c2ccc(C#N)cc2)c1C. The maximum atomic E-state index is 13.5. The molecule has 4 rings (SSSR count). The fourth-order valence-electron chi connectivity index (χ4n) is 5.77. The molecule has 6 heteroatoms. The molecule has 2 saturated heterocycles. The van der Waals surface area contributed by atoms with E-state index in [9.17, 15) is 14.9 Å². The molecule has 3 atom stereocenters. The van der Waals surface area contributed by atoms with Gasteiger partial charge in [0.2, 0.25) is 0 Å². The Kier molecular flexibility index (Phi) is 7.51. The Hall–Kier alpha value is -3.17. The smallest absolute Gasteiger partial charge is 0.309 e. The van der Waals surface area contributed by atoms with Crippen molar-refractivity contribution >= 4 is 17.8 Å². The number of likely N-dealkylation sites (tertiary alicyclic amines) is 1. The molecular formula is C30H37N3O3. The molecule has 3 unspecified atom stereocenters. The normalized spacial score (nSPS) is 23.8. The van der Waals surface area contributed by atoms with Crippen molar-refractivity contribution < 1.29 is 14.3 Å². The van der Waals surface area contributed by atoms with Crippen LogP contribution in [0.2, 0.25) is 0 Å². The summed E-state index contributed by atoms with van der Waals surface area (Å²) < 4.78 is 7.53. The monoisotopic (exact) mass is 487 g/mol. The second-order valence-electron chi connectivity index (χ2n) is 10.9. The van der Waals surface area contributed by atoms with Crippen molar-refractivity contribution in [3.8, 4) is 11.8 Å². The number of esters is 1. The van der Waals surface area contributed by atoms with E-state index >= 15 is 0 Å². The first-order valence-corrected chi connectivity index (χ1v) is 13.0. The van der Waals surface area contributed by atoms with Crippen molar-refractivity contribution in [2.24, 2.45) is 5.92 Å². The molecular weight excluding hydrogens is 450 g/mol. The van der Waals surface area contributed by atoms with Crippen LogP contribution in [-0.4, -0.2) is 45.4 Å². The number of ether oxygens (including phenoxy) is 1. The number of hydrogen-bond donors (Lipinski definition) is 0. The summed E-state index contributed by atoms with van der Waals surface area (Å²) in [5, 5.41) is 9.21. The molecule has 0 spiro atoms. The summed E-state index contributed by atoms with van der Waals surface area (Å²) in [7, 11) is 0. The van der Waals surface area contributed by atoms with Gasteiger partial charge in [0, 0.05) is 41.1 Å². The lowest BCUT2D eigenvalue weighted by Crippen LogP contribution is -2.38. The first kappa shape index (κ1) is 25.9. The lowest BCUT2D eigenvalue weighted by Gasteiger charge is -2.26. The number of allylic oxidation sites excluding steroid dienone is 1. The Balaban J connectivity index is 1.64. The Morgan fingerprint density at radius 1 is 1.25 bits per heavy atom. The molecule has 6 nitrogen and oxygen atoms in total. The summed E-state index contributed by atoms with van der Waals surface area (Å²) in [6, 6.07) is 12.4. The van der Waals surface area contributed by atoms with Crippen molar-refractivity contribution in [1.82, 2.24) is 9.47 Å². The van der Waals surface area contributed by atoms with E-state index in [1.54, 1.807) is 12.1 Å². The van der Waals surface area contributed by atoms with Gasteiger partial charge in [-0.25, -0.2) is 0 Å². The van der Waals surface area contributed by atoms with E-state index in [1.165, 1.54) is 0 Å². The molecule has 3 heterocycles. The highest BCUT2D eigenvalue weighted by molar-refractivity contribution is 5.99. The first-order chi connectivity index (χ1) is 17.1. The van der Waals surface area contributed by atoms with Gasteiger partial charge in [-0.05, 0) is 89.8 Å². The molecule has 0 amide bonds. The maximum Gasteiger partial charge on any atom is 0.309 e. The Labute approximate surface area is 214 Å². The van der Waals surface area contributed by atoms with Gasteiger partial charge < -0.3 is 9.30 Å². The maximum absolute atomic E-state index is 13.5. The number of nitriles is 1. The van der Waals surface area contributed by atoms with Crippen LogP contribution in [0.3, 0.4) is 0 Å². The van der Waals surface area contributed by atoms with Crippen molar-refractivity contribution in [2.75, 3.05) is 6.54 Å². The highest BCUT2D eigenvalue weighted by Gasteiger charge is 2.39. The molecule has 0 N–H and O–H groups in total. The number of Topliss-reactive ketones (excluding diaryl/α,β-unsaturated/α-hetero) is 1. The zero-order chi connectivity index (χ0) is 26.0. The molecule has 1 aromatic heterocycles. The van der Waals surface area contributed by atoms with Crippen molar-refractivity contribution in [1.29, 1.82) is 5.26 Å².